The second-order valence-corrected chi connectivity index (χ2v) is 5.84. The van der Waals surface area contributed by atoms with Crippen LogP contribution in [0.2, 0.25) is 0 Å². The Labute approximate surface area is 124 Å². The van der Waals surface area contributed by atoms with E-state index in [1.165, 1.54) is 12.1 Å². The van der Waals surface area contributed by atoms with Crippen LogP contribution in [0.1, 0.15) is 30.6 Å². The van der Waals surface area contributed by atoms with Gasteiger partial charge in [-0.2, -0.15) is 0 Å². The normalized spacial score (nSPS) is 21.9. The van der Waals surface area contributed by atoms with Crippen molar-refractivity contribution < 1.29 is 19.4 Å². The highest BCUT2D eigenvalue weighted by molar-refractivity contribution is 5.93. The number of hydrogen-bond acceptors (Lipinski definition) is 4. The van der Waals surface area contributed by atoms with Gasteiger partial charge >= 0.3 is 5.97 Å². The molecule has 1 aromatic carbocycles. The average Bonchev–Trinajstić information content (AvgIpc) is 2.43. The quantitative estimate of drug-likeness (QED) is 0.866. The minimum Gasteiger partial charge on any atom is -0.507 e. The van der Waals surface area contributed by atoms with Crippen LogP contribution in [0.4, 0.5) is 0 Å². The van der Waals surface area contributed by atoms with E-state index in [2.05, 4.69) is 13.8 Å². The second-order valence-electron chi connectivity index (χ2n) is 5.84. The lowest BCUT2D eigenvalue weighted by atomic mass is 9.92. The molecule has 1 aliphatic rings. The van der Waals surface area contributed by atoms with Gasteiger partial charge in [-0.05, 0) is 30.4 Å². The number of likely N-dealkylation sites (tertiary alicyclic amines) is 1. The van der Waals surface area contributed by atoms with Crippen LogP contribution < -0.4 is 0 Å². The van der Waals surface area contributed by atoms with Crippen LogP contribution in [-0.2, 0) is 9.53 Å². The molecule has 0 unspecified atom stereocenters. The highest BCUT2D eigenvalue weighted by Crippen LogP contribution is 2.21. The minimum absolute atomic E-state index is 0.0747. The number of nitrogens with zero attached hydrogens (tertiary/aromatic N) is 1. The number of hydrogen-bond donors (Lipinski definition) is 1. The first-order chi connectivity index (χ1) is 9.97. The zero-order valence-electron chi connectivity index (χ0n) is 12.4. The predicted molar refractivity (Wildman–Crippen MR) is 77.9 cm³/mol. The number of benzene rings is 1. The van der Waals surface area contributed by atoms with E-state index in [9.17, 15) is 14.7 Å². The first kappa shape index (κ1) is 15.4. The van der Waals surface area contributed by atoms with Gasteiger partial charge in [0, 0.05) is 13.1 Å². The van der Waals surface area contributed by atoms with Gasteiger partial charge in [0.2, 0.25) is 0 Å². The molecule has 5 heteroatoms. The number of para-hydroxylation sites is 1. The molecule has 2 atom stereocenters. The van der Waals surface area contributed by atoms with Crippen molar-refractivity contribution in [3.63, 3.8) is 0 Å². The highest BCUT2D eigenvalue weighted by Gasteiger charge is 2.26. The van der Waals surface area contributed by atoms with E-state index in [1.807, 2.05) is 0 Å². The number of phenolic OH excluding ortho intramolecular Hbond substituents is 1. The summed E-state index contributed by atoms with van der Waals surface area (Å²) in [6, 6.07) is 6.12. The van der Waals surface area contributed by atoms with Gasteiger partial charge < -0.3 is 14.7 Å². The lowest BCUT2D eigenvalue weighted by Gasteiger charge is -2.34. The lowest BCUT2D eigenvalue weighted by molar-refractivity contribution is -0.137. The molecule has 0 spiro atoms. The summed E-state index contributed by atoms with van der Waals surface area (Å²) >= 11 is 0. The summed E-state index contributed by atoms with van der Waals surface area (Å²) in [6.45, 7) is 5.36. The molecule has 1 amide bonds. The highest BCUT2D eigenvalue weighted by atomic mass is 16.5. The molecule has 1 aromatic rings. The smallest absolute Gasteiger partial charge is 0.342 e. The summed E-state index contributed by atoms with van der Waals surface area (Å²) in [5.41, 5.74) is 0.0747. The van der Waals surface area contributed by atoms with Gasteiger partial charge in [-0.15, -0.1) is 0 Å². The number of rotatable bonds is 3. The van der Waals surface area contributed by atoms with Crippen molar-refractivity contribution in [3.8, 4) is 5.75 Å². The Morgan fingerprint density at radius 3 is 2.48 bits per heavy atom. The predicted octanol–water partition coefficient (Wildman–Crippen LogP) is 2.05. The summed E-state index contributed by atoms with van der Waals surface area (Å²) in [5, 5.41) is 9.57. The molecule has 0 radical (unpaired) electrons. The molecule has 114 valence electrons. The largest absolute Gasteiger partial charge is 0.507 e. The van der Waals surface area contributed by atoms with Crippen molar-refractivity contribution in [2.75, 3.05) is 19.7 Å². The van der Waals surface area contributed by atoms with Crippen LogP contribution in [-0.4, -0.2) is 41.6 Å². The molecule has 1 saturated heterocycles. The molecule has 0 saturated carbocycles. The van der Waals surface area contributed by atoms with Crippen molar-refractivity contribution in [2.45, 2.75) is 20.3 Å². The molecule has 2 rings (SSSR count). The Hall–Kier alpha value is -2.04. The van der Waals surface area contributed by atoms with Crippen molar-refractivity contribution in [1.29, 1.82) is 0 Å². The van der Waals surface area contributed by atoms with Crippen molar-refractivity contribution in [3.05, 3.63) is 29.8 Å². The Morgan fingerprint density at radius 2 is 1.86 bits per heavy atom. The van der Waals surface area contributed by atoms with E-state index in [-0.39, 0.29) is 23.8 Å². The first-order valence-corrected chi connectivity index (χ1v) is 7.20. The third-order valence-corrected chi connectivity index (χ3v) is 3.67. The van der Waals surface area contributed by atoms with Crippen LogP contribution >= 0.6 is 0 Å². The van der Waals surface area contributed by atoms with E-state index < -0.39 is 5.97 Å². The Balaban J connectivity index is 1.89. The van der Waals surface area contributed by atoms with Gasteiger partial charge in [-0.3, -0.25) is 4.79 Å². The monoisotopic (exact) mass is 291 g/mol. The standard InChI is InChI=1S/C16H21NO4/c1-11-7-12(2)9-17(8-11)15(19)10-21-16(20)13-5-3-4-6-14(13)18/h3-6,11-12,18H,7-10H2,1-2H3/t11-,12+. The summed E-state index contributed by atoms with van der Waals surface area (Å²) < 4.78 is 5.00. The summed E-state index contributed by atoms with van der Waals surface area (Å²) in [6.07, 6.45) is 1.11. The van der Waals surface area contributed by atoms with Gasteiger partial charge in [0.05, 0.1) is 0 Å². The molecule has 0 bridgehead atoms. The minimum atomic E-state index is -0.681. The van der Waals surface area contributed by atoms with Gasteiger partial charge in [0.1, 0.15) is 11.3 Å². The zero-order valence-corrected chi connectivity index (χ0v) is 12.4. The number of esters is 1. The topological polar surface area (TPSA) is 66.8 Å². The van der Waals surface area contributed by atoms with Gasteiger partial charge in [-0.1, -0.05) is 26.0 Å². The van der Waals surface area contributed by atoms with Crippen LogP contribution in [0.15, 0.2) is 24.3 Å². The maximum absolute atomic E-state index is 12.1. The number of phenols is 1. The number of carbonyl (C=O) groups is 2. The van der Waals surface area contributed by atoms with Crippen LogP contribution in [0.3, 0.4) is 0 Å². The number of ether oxygens (including phenoxy) is 1. The number of piperidine rings is 1. The molecule has 0 aromatic heterocycles. The SMILES string of the molecule is C[C@@H]1C[C@H](C)CN(C(=O)COC(=O)c2ccccc2O)C1. The average molecular weight is 291 g/mol. The number of amides is 1. The number of carbonyl (C=O) groups excluding carboxylic acids is 2. The summed E-state index contributed by atoms with van der Waals surface area (Å²) in [7, 11) is 0. The Morgan fingerprint density at radius 1 is 1.24 bits per heavy atom. The van der Waals surface area contributed by atoms with Crippen molar-refractivity contribution in [1.82, 2.24) is 4.90 Å². The molecule has 1 N–H and O–H groups in total. The van der Waals surface area contributed by atoms with E-state index in [0.717, 1.165) is 6.42 Å². The second kappa shape index (κ2) is 6.61. The molecule has 21 heavy (non-hydrogen) atoms. The molecule has 1 aliphatic heterocycles. The van der Waals surface area contributed by atoms with E-state index >= 15 is 0 Å². The van der Waals surface area contributed by atoms with Gasteiger partial charge in [-0.25, -0.2) is 4.79 Å². The Bertz CT molecular complexity index is 519. The fourth-order valence-corrected chi connectivity index (χ4v) is 2.81. The Kier molecular flexibility index (Phi) is 4.83. The van der Waals surface area contributed by atoms with Crippen molar-refractivity contribution >= 4 is 11.9 Å². The molecule has 1 heterocycles. The zero-order chi connectivity index (χ0) is 15.4. The van der Waals surface area contributed by atoms with Crippen LogP contribution in [0, 0.1) is 11.8 Å². The fourth-order valence-electron chi connectivity index (χ4n) is 2.81. The molecular weight excluding hydrogens is 270 g/mol. The first-order valence-electron chi connectivity index (χ1n) is 7.20. The van der Waals surface area contributed by atoms with Crippen LogP contribution in [0.25, 0.3) is 0 Å². The fraction of sp³-hybridized carbons (Fsp3) is 0.500. The third kappa shape index (κ3) is 3.97. The third-order valence-electron chi connectivity index (χ3n) is 3.67. The maximum atomic E-state index is 12.1. The number of aromatic hydroxyl groups is 1. The molecule has 1 fully saturated rings. The summed E-state index contributed by atoms with van der Waals surface area (Å²) in [4.78, 5) is 25.7. The maximum Gasteiger partial charge on any atom is 0.342 e. The van der Waals surface area contributed by atoms with E-state index in [1.54, 1.807) is 17.0 Å². The van der Waals surface area contributed by atoms with Crippen molar-refractivity contribution in [2.24, 2.45) is 11.8 Å². The van der Waals surface area contributed by atoms with Gasteiger partial charge in [0.25, 0.3) is 5.91 Å². The van der Waals surface area contributed by atoms with E-state index in [0.29, 0.717) is 24.9 Å². The van der Waals surface area contributed by atoms with Crippen LogP contribution in [0.5, 0.6) is 5.75 Å². The lowest BCUT2D eigenvalue weighted by Crippen LogP contribution is -2.44. The van der Waals surface area contributed by atoms with Gasteiger partial charge in [0.15, 0.2) is 6.61 Å². The van der Waals surface area contributed by atoms with E-state index in [4.69, 9.17) is 4.74 Å². The molecule has 0 aliphatic carbocycles. The molecular formula is C16H21NO4. The summed E-state index contributed by atoms with van der Waals surface area (Å²) in [5.74, 6) is -0.0787. The molecule has 5 nitrogen and oxygen atoms in total.